The number of nitrogen functional groups attached to an aromatic ring is 1. The summed E-state index contributed by atoms with van der Waals surface area (Å²) in [5.41, 5.74) is 6.15. The molecule has 0 bridgehead atoms. The van der Waals surface area contributed by atoms with Gasteiger partial charge in [0.1, 0.15) is 29.9 Å². The number of rotatable bonds is 8. The predicted octanol–water partition coefficient (Wildman–Crippen LogP) is 1.64. The molecule has 14 heteroatoms. The molecule has 0 saturated carbocycles. The third kappa shape index (κ3) is 5.80. The Kier molecular flexibility index (Phi) is 8.59. The molecular formula is C22H25N5O6S3. The molecule has 3 heterocycles. The number of nitrogens with one attached hydrogen (secondary N) is 1. The van der Waals surface area contributed by atoms with Crippen molar-refractivity contribution in [3.05, 3.63) is 22.3 Å². The van der Waals surface area contributed by atoms with E-state index >= 15 is 0 Å². The minimum Gasteiger partial charge on any atom is -0.445 e. The number of fused-ring (bicyclic) bond motifs is 1. The molecule has 2 aliphatic heterocycles. The first kappa shape index (κ1) is 27.4. The number of thiocarbonyl (C=S) groups is 1. The zero-order chi connectivity index (χ0) is 26.6. The van der Waals surface area contributed by atoms with Gasteiger partial charge in [-0.05, 0) is 38.6 Å². The molecule has 36 heavy (non-hydrogen) atoms. The number of amides is 2. The summed E-state index contributed by atoms with van der Waals surface area (Å²) in [7, 11) is 1.29. The third-order valence-corrected chi connectivity index (χ3v) is 7.32. The molecule has 0 spiro atoms. The van der Waals surface area contributed by atoms with Gasteiger partial charge in [0, 0.05) is 17.6 Å². The number of carbonyl (C=O) groups is 3. The van der Waals surface area contributed by atoms with Gasteiger partial charge < -0.3 is 25.4 Å². The number of esters is 1. The molecule has 0 unspecified atom stereocenters. The standard InChI is InChI=1S/C22H25N5O6S3/c1-6-7-11-8-35-18-14(25-16(28)13(26-31-5)12-9-36-21(23)24-12)17(29)27(18)15(11)19(34)32-10-33-20(30)22(2,3)4/h1,9,14,18H,7-8,10H2,2-5H3,(H2,23,24)(H,25,28)/b26-13-/t14-,18-/m1/s1. The second-order valence-corrected chi connectivity index (χ2v) is 11.0. The topological polar surface area (TPSA) is 145 Å². The second-order valence-electron chi connectivity index (χ2n) is 8.62. The number of anilines is 1. The highest BCUT2D eigenvalue weighted by molar-refractivity contribution is 8.00. The highest BCUT2D eigenvalue weighted by atomic mass is 32.2. The highest BCUT2D eigenvalue weighted by Crippen LogP contribution is 2.41. The van der Waals surface area contributed by atoms with Gasteiger partial charge in [-0.25, -0.2) is 4.98 Å². The summed E-state index contributed by atoms with van der Waals surface area (Å²) < 4.78 is 10.6. The first-order valence-electron chi connectivity index (χ1n) is 10.6. The maximum absolute atomic E-state index is 13.1. The monoisotopic (exact) mass is 551 g/mol. The average molecular weight is 552 g/mol. The Morgan fingerprint density at radius 3 is 2.72 bits per heavy atom. The molecule has 3 N–H and O–H groups in total. The van der Waals surface area contributed by atoms with Crippen molar-refractivity contribution in [2.45, 2.75) is 38.6 Å². The van der Waals surface area contributed by atoms with Gasteiger partial charge in [-0.1, -0.05) is 5.16 Å². The van der Waals surface area contributed by atoms with Crippen LogP contribution in [0.15, 0.2) is 21.8 Å². The van der Waals surface area contributed by atoms with E-state index in [0.717, 1.165) is 16.9 Å². The molecule has 0 aromatic carbocycles. The molecule has 1 fully saturated rings. The third-order valence-electron chi connectivity index (χ3n) is 5.00. The lowest BCUT2D eigenvalue weighted by molar-refractivity contribution is -0.160. The zero-order valence-corrected chi connectivity index (χ0v) is 22.5. The highest BCUT2D eigenvalue weighted by Gasteiger charge is 2.54. The maximum atomic E-state index is 13.1. The second kappa shape index (κ2) is 11.3. The number of aromatic nitrogens is 1. The first-order chi connectivity index (χ1) is 17.0. The molecule has 2 atom stereocenters. The zero-order valence-electron chi connectivity index (χ0n) is 20.0. The molecule has 11 nitrogen and oxygen atoms in total. The number of nitrogens with zero attached hydrogens (tertiary/aromatic N) is 3. The molecule has 2 amide bonds. The lowest BCUT2D eigenvalue weighted by Crippen LogP contribution is -2.71. The van der Waals surface area contributed by atoms with E-state index in [1.54, 1.807) is 26.2 Å². The minimum atomic E-state index is -0.857. The van der Waals surface area contributed by atoms with Gasteiger partial charge in [-0.2, -0.15) is 0 Å². The molecule has 2 aliphatic rings. The number of β-lactam (4-membered cyclic amide) rings is 1. The van der Waals surface area contributed by atoms with Crippen molar-refractivity contribution >= 4 is 69.0 Å². The fourth-order valence-electron chi connectivity index (χ4n) is 3.25. The van der Waals surface area contributed by atoms with Crippen LogP contribution in [0.1, 0.15) is 32.9 Å². The van der Waals surface area contributed by atoms with Crippen LogP contribution in [-0.4, -0.2) is 69.5 Å². The van der Waals surface area contributed by atoms with Crippen LogP contribution >= 0.6 is 35.3 Å². The summed E-state index contributed by atoms with van der Waals surface area (Å²) in [5.74, 6) is 1.51. The predicted molar refractivity (Wildman–Crippen MR) is 140 cm³/mol. The van der Waals surface area contributed by atoms with Gasteiger partial charge in [0.25, 0.3) is 11.8 Å². The van der Waals surface area contributed by atoms with Crippen LogP contribution in [0.25, 0.3) is 0 Å². The largest absolute Gasteiger partial charge is 0.445 e. The van der Waals surface area contributed by atoms with Crippen LogP contribution in [0.5, 0.6) is 0 Å². The van der Waals surface area contributed by atoms with E-state index < -0.39 is 41.4 Å². The normalized spacial score (nSPS) is 19.6. The van der Waals surface area contributed by atoms with Crippen LogP contribution < -0.4 is 11.1 Å². The van der Waals surface area contributed by atoms with Crippen molar-refractivity contribution in [1.82, 2.24) is 15.2 Å². The lowest BCUT2D eigenvalue weighted by Gasteiger charge is -2.50. The van der Waals surface area contributed by atoms with Gasteiger partial charge in [-0.15, -0.1) is 35.4 Å². The van der Waals surface area contributed by atoms with Crippen LogP contribution in [0.2, 0.25) is 0 Å². The molecule has 0 aliphatic carbocycles. The van der Waals surface area contributed by atoms with Crippen LogP contribution in [-0.2, 0) is 28.7 Å². The van der Waals surface area contributed by atoms with Crippen molar-refractivity contribution in [2.75, 3.05) is 25.4 Å². The van der Waals surface area contributed by atoms with Gasteiger partial charge in [-0.3, -0.25) is 19.3 Å². The van der Waals surface area contributed by atoms with E-state index in [2.05, 4.69) is 21.4 Å². The molecule has 0 radical (unpaired) electrons. The first-order valence-corrected chi connectivity index (χ1v) is 12.9. The van der Waals surface area contributed by atoms with Gasteiger partial charge >= 0.3 is 5.97 Å². The van der Waals surface area contributed by atoms with Crippen molar-refractivity contribution in [1.29, 1.82) is 0 Å². The van der Waals surface area contributed by atoms with Crippen LogP contribution in [0.4, 0.5) is 5.13 Å². The Labute approximate surface area is 221 Å². The number of thioether (sulfide) groups is 1. The van der Waals surface area contributed by atoms with E-state index in [1.165, 1.54) is 23.8 Å². The summed E-state index contributed by atoms with van der Waals surface area (Å²) in [4.78, 5) is 48.3. The minimum absolute atomic E-state index is 0.0232. The summed E-state index contributed by atoms with van der Waals surface area (Å²) in [6.07, 6.45) is 5.75. The number of hydrogen-bond donors (Lipinski definition) is 2. The summed E-state index contributed by atoms with van der Waals surface area (Å²) in [5, 5.41) is 7.76. The Morgan fingerprint density at radius 2 is 2.14 bits per heavy atom. The van der Waals surface area contributed by atoms with Gasteiger partial charge in [0.05, 0.1) is 5.41 Å². The van der Waals surface area contributed by atoms with Crippen molar-refractivity contribution in [3.63, 3.8) is 0 Å². The van der Waals surface area contributed by atoms with Crippen molar-refractivity contribution in [2.24, 2.45) is 10.6 Å². The van der Waals surface area contributed by atoms with Crippen molar-refractivity contribution < 1.29 is 28.7 Å². The Hall–Kier alpha value is -3.15. The number of nitrogens with two attached hydrogens (primary N) is 1. The summed E-state index contributed by atoms with van der Waals surface area (Å²) in [6.45, 7) is 4.73. The summed E-state index contributed by atoms with van der Waals surface area (Å²) >= 11 is 7.98. The lowest BCUT2D eigenvalue weighted by atomic mass is 9.98. The number of terminal acetylenes is 1. The van der Waals surface area contributed by atoms with Crippen molar-refractivity contribution in [3.8, 4) is 12.3 Å². The Balaban J connectivity index is 1.73. The number of ether oxygens (including phenoxy) is 2. The van der Waals surface area contributed by atoms with Gasteiger partial charge in [0.2, 0.25) is 11.8 Å². The molecule has 1 saturated heterocycles. The fraction of sp³-hybridized carbons (Fsp3) is 0.455. The fourth-order valence-corrected chi connectivity index (χ4v) is 5.44. The van der Waals surface area contributed by atoms with E-state index in [9.17, 15) is 14.4 Å². The Bertz CT molecular complexity index is 1180. The van der Waals surface area contributed by atoms with Crippen LogP contribution in [0.3, 0.4) is 0 Å². The quantitative estimate of drug-likeness (QED) is 0.0930. The molecular weight excluding hydrogens is 526 g/mol. The number of hydrogen-bond acceptors (Lipinski definition) is 12. The molecule has 1 aromatic rings. The van der Waals surface area contributed by atoms with E-state index in [0.29, 0.717) is 11.4 Å². The van der Waals surface area contributed by atoms with Crippen LogP contribution in [0, 0.1) is 17.8 Å². The maximum Gasteiger partial charge on any atom is 0.314 e. The van der Waals surface area contributed by atoms with E-state index in [-0.39, 0.29) is 28.0 Å². The number of thiazole rings is 1. The SMILES string of the molecule is C#CCC1=C(C(=S)OCOC(=O)C(C)(C)C)N2C(=O)[C@@H](NC(=O)/C(=N\OC)c3csc(N)n3)[C@H]2SC1. The Morgan fingerprint density at radius 1 is 1.42 bits per heavy atom. The van der Waals surface area contributed by atoms with E-state index in [1.807, 2.05) is 0 Å². The van der Waals surface area contributed by atoms with E-state index in [4.69, 9.17) is 38.7 Å². The molecule has 1 aromatic heterocycles. The van der Waals surface area contributed by atoms with Gasteiger partial charge in [0.15, 0.2) is 10.8 Å². The number of oxime groups is 1. The summed E-state index contributed by atoms with van der Waals surface area (Å²) in [6, 6.07) is -0.857. The average Bonchev–Trinajstić information content (AvgIpc) is 3.25. The molecule has 192 valence electrons. The molecule has 3 rings (SSSR count). The smallest absolute Gasteiger partial charge is 0.314 e. The number of carbonyl (C=O) groups excluding carboxylic acids is 3.